The first kappa shape index (κ1) is 16.2. The number of hydrogen-bond acceptors (Lipinski definition) is 5. The Morgan fingerprint density at radius 1 is 1.00 bits per heavy atom. The maximum absolute atomic E-state index is 11.9. The summed E-state index contributed by atoms with van der Waals surface area (Å²) >= 11 is 0. The summed E-state index contributed by atoms with van der Waals surface area (Å²) in [5, 5.41) is 6.29. The Labute approximate surface area is 141 Å². The highest BCUT2D eigenvalue weighted by molar-refractivity contribution is 5.67. The van der Waals surface area contributed by atoms with Gasteiger partial charge in [0.15, 0.2) is 0 Å². The molecular weight excluding hydrogens is 304 g/mol. The zero-order valence-electron chi connectivity index (χ0n) is 13.5. The van der Waals surface area contributed by atoms with Crippen molar-refractivity contribution in [3.63, 3.8) is 0 Å². The third kappa shape index (κ3) is 4.94. The van der Waals surface area contributed by atoms with Gasteiger partial charge in [-0.2, -0.15) is 0 Å². The number of anilines is 1. The van der Waals surface area contributed by atoms with E-state index in [1.54, 1.807) is 18.5 Å². The summed E-state index contributed by atoms with van der Waals surface area (Å²) in [6, 6.07) is 12.0. The fourth-order valence-corrected chi connectivity index (χ4v) is 2.87. The number of hydrogen-bond donors (Lipinski definition) is 2. The second-order valence-electron chi connectivity index (χ2n) is 5.97. The minimum atomic E-state index is -0.346. The van der Waals surface area contributed by atoms with Gasteiger partial charge in [0.25, 0.3) is 0 Å². The first-order valence-corrected chi connectivity index (χ1v) is 8.30. The van der Waals surface area contributed by atoms with E-state index >= 15 is 0 Å². The molecule has 0 unspecified atom stereocenters. The van der Waals surface area contributed by atoms with E-state index in [1.807, 2.05) is 30.3 Å². The topological polar surface area (TPSA) is 76.1 Å². The molecule has 2 N–H and O–H groups in total. The molecule has 2 aromatic rings. The number of benzene rings is 1. The molecule has 1 amide bonds. The number of carbonyl (C=O) groups excluding carboxylic acids is 1. The van der Waals surface area contributed by atoms with E-state index in [1.165, 1.54) is 0 Å². The maximum Gasteiger partial charge on any atom is 0.407 e. The molecule has 3 rings (SSSR count). The Kier molecular flexibility index (Phi) is 5.61. The molecular formula is C18H22N4O2. The molecule has 0 bridgehead atoms. The van der Waals surface area contributed by atoms with Crippen molar-refractivity contribution in [2.45, 2.75) is 44.4 Å². The van der Waals surface area contributed by atoms with Gasteiger partial charge in [-0.1, -0.05) is 30.3 Å². The molecule has 1 aliphatic rings. The summed E-state index contributed by atoms with van der Waals surface area (Å²) in [4.78, 5) is 20.3. The van der Waals surface area contributed by atoms with Gasteiger partial charge in [-0.05, 0) is 37.3 Å². The predicted molar refractivity (Wildman–Crippen MR) is 91.5 cm³/mol. The molecule has 126 valence electrons. The van der Waals surface area contributed by atoms with Crippen LogP contribution in [0, 0.1) is 0 Å². The molecule has 1 saturated carbocycles. The van der Waals surface area contributed by atoms with Crippen LogP contribution in [0.2, 0.25) is 0 Å². The number of nitrogens with one attached hydrogen (secondary N) is 2. The van der Waals surface area contributed by atoms with Crippen LogP contribution in [0.3, 0.4) is 0 Å². The summed E-state index contributed by atoms with van der Waals surface area (Å²) in [5.41, 5.74) is 0.989. The number of carbonyl (C=O) groups is 1. The van der Waals surface area contributed by atoms with Crippen LogP contribution in [0.5, 0.6) is 0 Å². The Balaban J connectivity index is 1.36. The van der Waals surface area contributed by atoms with E-state index < -0.39 is 0 Å². The largest absolute Gasteiger partial charge is 0.445 e. The summed E-state index contributed by atoms with van der Waals surface area (Å²) in [6.45, 7) is 0.301. The van der Waals surface area contributed by atoms with E-state index in [9.17, 15) is 4.79 Å². The predicted octanol–water partition coefficient (Wildman–Crippen LogP) is 3.13. The Bertz CT molecular complexity index is 628. The molecule has 24 heavy (non-hydrogen) atoms. The third-order valence-electron chi connectivity index (χ3n) is 4.16. The van der Waals surface area contributed by atoms with Crippen molar-refractivity contribution in [3.05, 3.63) is 54.4 Å². The van der Waals surface area contributed by atoms with Gasteiger partial charge in [0, 0.05) is 24.5 Å². The van der Waals surface area contributed by atoms with Crippen LogP contribution >= 0.6 is 0 Å². The van der Waals surface area contributed by atoms with Crippen LogP contribution in [0.1, 0.15) is 31.2 Å². The van der Waals surface area contributed by atoms with Gasteiger partial charge in [0.1, 0.15) is 6.61 Å². The second-order valence-corrected chi connectivity index (χ2v) is 5.97. The van der Waals surface area contributed by atoms with Crippen molar-refractivity contribution < 1.29 is 9.53 Å². The second kappa shape index (κ2) is 8.29. The standard InChI is InChI=1S/C18H22N4O2/c23-18(24-13-14-5-2-1-3-6-14)22-16-9-7-15(8-10-16)21-17-19-11-4-12-20-17/h1-6,11-12,15-16H,7-10,13H2,(H,22,23)(H,19,20,21). The van der Waals surface area contributed by atoms with E-state index in [2.05, 4.69) is 20.6 Å². The van der Waals surface area contributed by atoms with Crippen molar-refractivity contribution >= 4 is 12.0 Å². The zero-order valence-corrected chi connectivity index (χ0v) is 13.5. The van der Waals surface area contributed by atoms with Crippen LogP contribution in [0.25, 0.3) is 0 Å². The molecule has 6 nitrogen and oxygen atoms in total. The van der Waals surface area contributed by atoms with Gasteiger partial charge in [-0.3, -0.25) is 0 Å². The van der Waals surface area contributed by atoms with Crippen molar-refractivity contribution in [1.29, 1.82) is 0 Å². The number of aromatic nitrogens is 2. The summed E-state index contributed by atoms with van der Waals surface area (Å²) in [5.74, 6) is 0.663. The fraction of sp³-hybridized carbons (Fsp3) is 0.389. The van der Waals surface area contributed by atoms with Crippen molar-refractivity contribution in [3.8, 4) is 0 Å². The number of alkyl carbamates (subject to hydrolysis) is 1. The number of rotatable bonds is 5. The molecule has 1 fully saturated rings. The Hall–Kier alpha value is -2.63. The average Bonchev–Trinajstić information content (AvgIpc) is 2.63. The van der Waals surface area contributed by atoms with E-state index in [4.69, 9.17) is 4.74 Å². The molecule has 1 aromatic heterocycles. The lowest BCUT2D eigenvalue weighted by atomic mass is 9.91. The maximum atomic E-state index is 11.9. The van der Waals surface area contributed by atoms with E-state index in [0.717, 1.165) is 31.2 Å². The Morgan fingerprint density at radius 2 is 1.67 bits per heavy atom. The SMILES string of the molecule is O=C(NC1CCC(Nc2ncccn2)CC1)OCc1ccccc1. The first-order chi connectivity index (χ1) is 11.8. The first-order valence-electron chi connectivity index (χ1n) is 8.30. The lowest BCUT2D eigenvalue weighted by molar-refractivity contribution is 0.132. The van der Waals surface area contributed by atoms with Crippen LogP contribution in [-0.2, 0) is 11.3 Å². The molecule has 0 radical (unpaired) electrons. The fourth-order valence-electron chi connectivity index (χ4n) is 2.87. The van der Waals surface area contributed by atoms with Gasteiger partial charge in [0.2, 0.25) is 5.95 Å². The summed E-state index contributed by atoms with van der Waals surface area (Å²) in [7, 11) is 0. The van der Waals surface area contributed by atoms with Crippen LogP contribution in [-0.4, -0.2) is 28.1 Å². The van der Waals surface area contributed by atoms with Gasteiger partial charge < -0.3 is 15.4 Å². The van der Waals surface area contributed by atoms with Crippen LogP contribution in [0.4, 0.5) is 10.7 Å². The minimum Gasteiger partial charge on any atom is -0.445 e. The molecule has 1 aliphatic carbocycles. The van der Waals surface area contributed by atoms with Crippen LogP contribution in [0.15, 0.2) is 48.8 Å². The van der Waals surface area contributed by atoms with Gasteiger partial charge >= 0.3 is 6.09 Å². The highest BCUT2D eigenvalue weighted by Crippen LogP contribution is 2.21. The lowest BCUT2D eigenvalue weighted by Crippen LogP contribution is -2.40. The van der Waals surface area contributed by atoms with Crippen molar-refractivity contribution in [1.82, 2.24) is 15.3 Å². The van der Waals surface area contributed by atoms with Gasteiger partial charge in [0.05, 0.1) is 0 Å². The van der Waals surface area contributed by atoms with Crippen molar-refractivity contribution in [2.24, 2.45) is 0 Å². The van der Waals surface area contributed by atoms with Crippen LogP contribution < -0.4 is 10.6 Å². The van der Waals surface area contributed by atoms with Crippen molar-refractivity contribution in [2.75, 3.05) is 5.32 Å². The van der Waals surface area contributed by atoms with Gasteiger partial charge in [-0.25, -0.2) is 14.8 Å². The van der Waals surface area contributed by atoms with E-state index in [-0.39, 0.29) is 12.1 Å². The highest BCUT2D eigenvalue weighted by atomic mass is 16.5. The summed E-state index contributed by atoms with van der Waals surface area (Å²) in [6.07, 6.45) is 6.90. The third-order valence-corrected chi connectivity index (χ3v) is 4.16. The smallest absolute Gasteiger partial charge is 0.407 e. The quantitative estimate of drug-likeness (QED) is 0.883. The van der Waals surface area contributed by atoms with E-state index in [0.29, 0.717) is 18.6 Å². The number of amides is 1. The number of ether oxygens (including phenoxy) is 1. The Morgan fingerprint density at radius 3 is 2.38 bits per heavy atom. The molecule has 0 spiro atoms. The zero-order chi connectivity index (χ0) is 16.6. The molecule has 0 atom stereocenters. The monoisotopic (exact) mass is 326 g/mol. The lowest BCUT2D eigenvalue weighted by Gasteiger charge is -2.29. The minimum absolute atomic E-state index is 0.169. The molecule has 1 aromatic carbocycles. The number of nitrogens with zero attached hydrogens (tertiary/aromatic N) is 2. The highest BCUT2D eigenvalue weighted by Gasteiger charge is 2.23. The normalized spacial score (nSPS) is 20.2. The molecule has 0 saturated heterocycles. The molecule has 0 aliphatic heterocycles. The molecule has 6 heteroatoms. The van der Waals surface area contributed by atoms with Gasteiger partial charge in [-0.15, -0.1) is 0 Å². The average molecular weight is 326 g/mol. The summed E-state index contributed by atoms with van der Waals surface area (Å²) < 4.78 is 5.27. The molecule has 1 heterocycles.